The lowest BCUT2D eigenvalue weighted by Crippen LogP contribution is -2.53. The predicted molar refractivity (Wildman–Crippen MR) is 73.2 cm³/mol. The molecule has 0 aromatic carbocycles. The number of carbonyl (C=O) groups excluding carboxylic acids is 1. The van der Waals surface area contributed by atoms with Gasteiger partial charge < -0.3 is 16.0 Å². The van der Waals surface area contributed by atoms with Gasteiger partial charge in [-0.1, -0.05) is 12.8 Å². The van der Waals surface area contributed by atoms with Crippen LogP contribution in [0, 0.1) is 5.92 Å². The maximum absolute atomic E-state index is 11.6. The van der Waals surface area contributed by atoms with Crippen LogP contribution in [-0.4, -0.2) is 43.0 Å². The number of nitrogens with two attached hydrogens (primary N) is 1. The van der Waals surface area contributed by atoms with Gasteiger partial charge in [-0.2, -0.15) is 0 Å². The summed E-state index contributed by atoms with van der Waals surface area (Å²) < 4.78 is 0. The van der Waals surface area contributed by atoms with Crippen molar-refractivity contribution in [3.8, 4) is 0 Å². The number of nitrogens with zero attached hydrogens (tertiary/aromatic N) is 1. The van der Waals surface area contributed by atoms with Crippen molar-refractivity contribution >= 4 is 5.91 Å². The van der Waals surface area contributed by atoms with E-state index in [1.54, 1.807) is 0 Å². The topological polar surface area (TPSA) is 58.4 Å². The van der Waals surface area contributed by atoms with E-state index in [9.17, 15) is 4.79 Å². The van der Waals surface area contributed by atoms with Crippen LogP contribution < -0.4 is 11.1 Å². The Balaban J connectivity index is 1.89. The lowest BCUT2D eigenvalue weighted by molar-refractivity contribution is -0.124. The minimum atomic E-state index is -0.464. The number of carbonyl (C=O) groups is 1. The highest BCUT2D eigenvalue weighted by Crippen LogP contribution is 2.34. The third kappa shape index (κ3) is 2.69. The van der Waals surface area contributed by atoms with Gasteiger partial charge in [0.1, 0.15) is 0 Å². The van der Waals surface area contributed by atoms with Crippen molar-refractivity contribution < 1.29 is 4.79 Å². The highest BCUT2D eigenvalue weighted by molar-refractivity contribution is 5.85. The molecule has 0 saturated heterocycles. The molecule has 0 heterocycles. The van der Waals surface area contributed by atoms with Gasteiger partial charge in [-0.3, -0.25) is 4.79 Å². The van der Waals surface area contributed by atoms with Gasteiger partial charge >= 0.3 is 0 Å². The van der Waals surface area contributed by atoms with E-state index in [1.165, 1.54) is 32.2 Å². The standard InChI is InChI=1S/C14H27N3O/c1-16-14(13(15)18)8-7-12(9-14)17(2)10-11-5-3-4-6-11/h11-12,16H,3-10H2,1-2H3,(H2,15,18). The molecule has 2 aliphatic carbocycles. The van der Waals surface area contributed by atoms with E-state index in [-0.39, 0.29) is 5.91 Å². The summed E-state index contributed by atoms with van der Waals surface area (Å²) in [5.74, 6) is 0.676. The van der Waals surface area contributed by atoms with Crippen LogP contribution in [0.5, 0.6) is 0 Å². The molecule has 1 amide bonds. The van der Waals surface area contributed by atoms with Crippen LogP contribution in [0.1, 0.15) is 44.9 Å². The highest BCUT2D eigenvalue weighted by Gasteiger charge is 2.44. The van der Waals surface area contributed by atoms with E-state index in [2.05, 4.69) is 17.3 Å². The Morgan fingerprint density at radius 3 is 2.56 bits per heavy atom. The van der Waals surface area contributed by atoms with Crippen molar-refractivity contribution in [3.63, 3.8) is 0 Å². The maximum Gasteiger partial charge on any atom is 0.237 e. The minimum Gasteiger partial charge on any atom is -0.368 e. The van der Waals surface area contributed by atoms with Gasteiger partial charge in [0, 0.05) is 12.6 Å². The number of rotatable bonds is 5. The lowest BCUT2D eigenvalue weighted by atomic mass is 9.96. The van der Waals surface area contributed by atoms with Crippen molar-refractivity contribution in [1.29, 1.82) is 0 Å². The highest BCUT2D eigenvalue weighted by atomic mass is 16.1. The van der Waals surface area contributed by atoms with Crippen LogP contribution in [0.15, 0.2) is 0 Å². The summed E-state index contributed by atoms with van der Waals surface area (Å²) in [6, 6.07) is 0.505. The summed E-state index contributed by atoms with van der Waals surface area (Å²) >= 11 is 0. The molecule has 0 radical (unpaired) electrons. The van der Waals surface area contributed by atoms with E-state index in [0.717, 1.165) is 25.2 Å². The Morgan fingerprint density at radius 1 is 1.39 bits per heavy atom. The molecular weight excluding hydrogens is 226 g/mol. The molecule has 2 saturated carbocycles. The average Bonchev–Trinajstić information content (AvgIpc) is 2.97. The van der Waals surface area contributed by atoms with Crippen LogP contribution in [-0.2, 0) is 4.79 Å². The first-order chi connectivity index (χ1) is 8.57. The van der Waals surface area contributed by atoms with Gasteiger partial charge in [-0.25, -0.2) is 0 Å². The molecule has 2 unspecified atom stereocenters. The van der Waals surface area contributed by atoms with Crippen molar-refractivity contribution in [2.75, 3.05) is 20.6 Å². The summed E-state index contributed by atoms with van der Waals surface area (Å²) in [5.41, 5.74) is 5.09. The SMILES string of the molecule is CNC1(C(N)=O)CCC(N(C)CC2CCCC2)C1. The van der Waals surface area contributed by atoms with E-state index in [1.807, 2.05) is 7.05 Å². The zero-order valence-corrected chi connectivity index (χ0v) is 11.7. The number of primary amides is 1. The number of amides is 1. The van der Waals surface area contributed by atoms with E-state index < -0.39 is 5.54 Å². The molecule has 4 nitrogen and oxygen atoms in total. The van der Waals surface area contributed by atoms with Crippen LogP contribution in [0.25, 0.3) is 0 Å². The number of hydrogen-bond donors (Lipinski definition) is 2. The summed E-state index contributed by atoms with van der Waals surface area (Å²) in [4.78, 5) is 14.1. The van der Waals surface area contributed by atoms with Crippen molar-refractivity contribution in [3.05, 3.63) is 0 Å². The minimum absolute atomic E-state index is 0.193. The monoisotopic (exact) mass is 253 g/mol. The number of nitrogens with one attached hydrogen (secondary N) is 1. The molecule has 2 fully saturated rings. The van der Waals surface area contributed by atoms with Crippen LogP contribution >= 0.6 is 0 Å². The third-order valence-corrected chi connectivity index (χ3v) is 5.08. The molecular formula is C14H27N3O. The molecule has 2 atom stereocenters. The van der Waals surface area contributed by atoms with Crippen LogP contribution in [0.2, 0.25) is 0 Å². The maximum atomic E-state index is 11.6. The first kappa shape index (κ1) is 13.8. The van der Waals surface area contributed by atoms with Crippen molar-refractivity contribution in [2.45, 2.75) is 56.5 Å². The summed E-state index contributed by atoms with van der Waals surface area (Å²) in [6.45, 7) is 1.18. The second-order valence-corrected chi connectivity index (χ2v) is 6.18. The molecule has 0 aromatic rings. The zero-order valence-electron chi connectivity index (χ0n) is 11.7. The molecule has 0 bridgehead atoms. The Labute approximate surface area is 110 Å². The fourth-order valence-corrected chi connectivity index (χ4v) is 3.72. The smallest absolute Gasteiger partial charge is 0.237 e. The zero-order chi connectivity index (χ0) is 13.2. The fourth-order valence-electron chi connectivity index (χ4n) is 3.72. The average molecular weight is 253 g/mol. The lowest BCUT2D eigenvalue weighted by Gasteiger charge is -2.30. The van der Waals surface area contributed by atoms with Gasteiger partial charge in [0.2, 0.25) is 5.91 Å². The van der Waals surface area contributed by atoms with E-state index in [4.69, 9.17) is 5.73 Å². The largest absolute Gasteiger partial charge is 0.368 e. The Bertz CT molecular complexity index is 301. The van der Waals surface area contributed by atoms with Crippen LogP contribution in [0.4, 0.5) is 0 Å². The normalized spacial score (nSPS) is 33.4. The van der Waals surface area contributed by atoms with Gasteiger partial charge in [-0.15, -0.1) is 0 Å². The second kappa shape index (κ2) is 5.57. The van der Waals surface area contributed by atoms with E-state index in [0.29, 0.717) is 6.04 Å². The van der Waals surface area contributed by atoms with Gasteiger partial charge in [0.25, 0.3) is 0 Å². The van der Waals surface area contributed by atoms with Crippen molar-refractivity contribution in [1.82, 2.24) is 10.2 Å². The molecule has 4 heteroatoms. The Kier molecular flexibility index (Phi) is 4.28. The summed E-state index contributed by atoms with van der Waals surface area (Å²) in [7, 11) is 4.06. The quantitative estimate of drug-likeness (QED) is 0.771. The Hall–Kier alpha value is -0.610. The molecule has 2 rings (SSSR count). The number of likely N-dealkylation sites (N-methyl/N-ethyl adjacent to an activating group) is 1. The van der Waals surface area contributed by atoms with Gasteiger partial charge in [0.15, 0.2) is 0 Å². The summed E-state index contributed by atoms with van der Waals surface area (Å²) in [5, 5.41) is 3.15. The van der Waals surface area contributed by atoms with E-state index >= 15 is 0 Å². The fraction of sp³-hybridized carbons (Fsp3) is 0.929. The molecule has 2 aliphatic rings. The first-order valence-electron chi connectivity index (χ1n) is 7.26. The molecule has 0 spiro atoms. The van der Waals surface area contributed by atoms with Crippen LogP contribution in [0.3, 0.4) is 0 Å². The predicted octanol–water partition coefficient (Wildman–Crippen LogP) is 1.10. The Morgan fingerprint density at radius 2 is 2.06 bits per heavy atom. The molecule has 3 N–H and O–H groups in total. The number of hydrogen-bond acceptors (Lipinski definition) is 3. The van der Waals surface area contributed by atoms with Gasteiger partial charge in [-0.05, 0) is 52.1 Å². The molecule has 104 valence electrons. The van der Waals surface area contributed by atoms with Gasteiger partial charge in [0.05, 0.1) is 5.54 Å². The van der Waals surface area contributed by atoms with Crippen molar-refractivity contribution in [2.24, 2.45) is 11.7 Å². The second-order valence-electron chi connectivity index (χ2n) is 6.18. The third-order valence-electron chi connectivity index (χ3n) is 5.08. The molecule has 0 aromatic heterocycles. The molecule has 18 heavy (non-hydrogen) atoms. The summed E-state index contributed by atoms with van der Waals surface area (Å²) in [6.07, 6.45) is 8.36. The first-order valence-corrected chi connectivity index (χ1v) is 7.26. The molecule has 0 aliphatic heterocycles.